The maximum Gasteiger partial charge on any atom is 0.246 e. The summed E-state index contributed by atoms with van der Waals surface area (Å²) in [5.41, 5.74) is 0. The molecule has 0 saturated carbocycles. The molecular formula is C9H8ClFN2O4S. The Kier molecular flexibility index (Phi) is 3.26. The zero-order valence-corrected chi connectivity index (χ0v) is 10.5. The number of benzene rings is 1. The molecule has 1 aliphatic heterocycles. The van der Waals surface area contributed by atoms with E-state index in [4.69, 9.17) is 11.6 Å². The van der Waals surface area contributed by atoms with Crippen LogP contribution in [0, 0.1) is 15.9 Å². The quantitative estimate of drug-likeness (QED) is 0.618. The Hall–Kier alpha value is -1.25. The fraction of sp³-hybridized carbons (Fsp3) is 0.333. The van der Waals surface area contributed by atoms with Gasteiger partial charge in [0.1, 0.15) is 10.7 Å². The second kappa shape index (κ2) is 4.45. The minimum absolute atomic E-state index is 0.0817. The lowest BCUT2D eigenvalue weighted by molar-refractivity contribution is -0.535. The van der Waals surface area contributed by atoms with Crippen LogP contribution in [0.1, 0.15) is 0 Å². The van der Waals surface area contributed by atoms with E-state index in [1.54, 1.807) is 0 Å². The maximum absolute atomic E-state index is 13.5. The summed E-state index contributed by atoms with van der Waals surface area (Å²) >= 11 is 5.52. The number of nitro groups is 1. The van der Waals surface area contributed by atoms with E-state index in [9.17, 15) is 22.9 Å². The van der Waals surface area contributed by atoms with Crippen molar-refractivity contribution in [2.24, 2.45) is 0 Å². The van der Waals surface area contributed by atoms with Gasteiger partial charge < -0.3 is 0 Å². The second-order valence-corrected chi connectivity index (χ2v) is 6.18. The van der Waals surface area contributed by atoms with Crippen LogP contribution in [0.25, 0.3) is 0 Å². The van der Waals surface area contributed by atoms with Gasteiger partial charge in [0.25, 0.3) is 0 Å². The summed E-state index contributed by atoms with van der Waals surface area (Å²) in [5.74, 6) is -0.966. The van der Waals surface area contributed by atoms with Crippen LogP contribution in [-0.4, -0.2) is 36.8 Å². The zero-order valence-electron chi connectivity index (χ0n) is 8.92. The average molecular weight is 295 g/mol. The fourth-order valence-electron chi connectivity index (χ4n) is 1.57. The standard InChI is InChI=1S/C9H8ClFN2O4S/c10-6-1-2-9(8(11)3-6)18(16,17)12-4-7(5-12)13(14)15/h1-3,7H,4-5H2. The van der Waals surface area contributed by atoms with Crippen molar-refractivity contribution in [2.75, 3.05) is 13.1 Å². The zero-order chi connectivity index (χ0) is 13.5. The maximum atomic E-state index is 13.5. The first-order chi connectivity index (χ1) is 8.32. The third-order valence-electron chi connectivity index (χ3n) is 2.64. The number of rotatable bonds is 3. The van der Waals surface area contributed by atoms with Crippen molar-refractivity contribution in [1.82, 2.24) is 4.31 Å². The van der Waals surface area contributed by atoms with Gasteiger partial charge >= 0.3 is 0 Å². The van der Waals surface area contributed by atoms with Crippen molar-refractivity contribution in [2.45, 2.75) is 10.9 Å². The molecule has 0 radical (unpaired) electrons. The summed E-state index contributed by atoms with van der Waals surface area (Å²) in [5, 5.41) is 10.5. The molecule has 1 saturated heterocycles. The summed E-state index contributed by atoms with van der Waals surface area (Å²) in [4.78, 5) is 9.32. The number of sulfonamides is 1. The van der Waals surface area contributed by atoms with E-state index in [1.165, 1.54) is 6.07 Å². The molecule has 1 aliphatic rings. The van der Waals surface area contributed by atoms with Crippen LogP contribution in [0.15, 0.2) is 23.1 Å². The van der Waals surface area contributed by atoms with Crippen molar-refractivity contribution in [3.05, 3.63) is 39.2 Å². The van der Waals surface area contributed by atoms with Gasteiger partial charge in [-0.25, -0.2) is 12.8 Å². The molecular weight excluding hydrogens is 287 g/mol. The van der Waals surface area contributed by atoms with Gasteiger partial charge in [0.2, 0.25) is 16.1 Å². The Balaban J connectivity index is 2.25. The van der Waals surface area contributed by atoms with Gasteiger partial charge in [0.05, 0.1) is 13.1 Å². The highest BCUT2D eigenvalue weighted by Crippen LogP contribution is 2.26. The SMILES string of the molecule is O=[N+]([O-])C1CN(S(=O)(=O)c2ccc(Cl)cc2F)C1. The molecule has 1 fully saturated rings. The van der Waals surface area contributed by atoms with Crippen LogP contribution in [-0.2, 0) is 10.0 Å². The molecule has 1 aromatic rings. The Labute approximate surface area is 107 Å². The predicted molar refractivity (Wildman–Crippen MR) is 61.0 cm³/mol. The number of hydrogen-bond donors (Lipinski definition) is 0. The number of nitrogens with zero attached hydrogens (tertiary/aromatic N) is 2. The summed E-state index contributed by atoms with van der Waals surface area (Å²) in [6.45, 7) is -0.477. The lowest BCUT2D eigenvalue weighted by Gasteiger charge is -2.32. The van der Waals surface area contributed by atoms with E-state index in [-0.39, 0.29) is 18.1 Å². The molecule has 0 N–H and O–H groups in total. The van der Waals surface area contributed by atoms with Gasteiger partial charge in [-0.05, 0) is 18.2 Å². The largest absolute Gasteiger partial charge is 0.264 e. The molecule has 9 heteroatoms. The smallest absolute Gasteiger partial charge is 0.246 e. The van der Waals surface area contributed by atoms with Gasteiger partial charge in [-0.3, -0.25) is 10.1 Å². The monoisotopic (exact) mass is 294 g/mol. The van der Waals surface area contributed by atoms with Gasteiger partial charge in [0.15, 0.2) is 0 Å². The molecule has 2 rings (SSSR count). The first kappa shape index (κ1) is 13.2. The van der Waals surface area contributed by atoms with E-state index >= 15 is 0 Å². The van der Waals surface area contributed by atoms with E-state index in [1.807, 2.05) is 0 Å². The lowest BCUT2D eigenvalue weighted by Crippen LogP contribution is -2.56. The molecule has 1 heterocycles. The Morgan fingerprint density at radius 2 is 2.06 bits per heavy atom. The highest BCUT2D eigenvalue weighted by Gasteiger charge is 2.44. The third kappa shape index (κ3) is 2.18. The highest BCUT2D eigenvalue weighted by atomic mass is 35.5. The third-order valence-corrected chi connectivity index (χ3v) is 4.74. The minimum Gasteiger partial charge on any atom is -0.264 e. The van der Waals surface area contributed by atoms with Crippen LogP contribution in [0.5, 0.6) is 0 Å². The second-order valence-electron chi connectivity index (χ2n) is 3.84. The van der Waals surface area contributed by atoms with Gasteiger partial charge in [-0.1, -0.05) is 11.6 Å². The molecule has 0 aromatic heterocycles. The summed E-state index contributed by atoms with van der Waals surface area (Å²) in [6, 6.07) is 2.27. The van der Waals surface area contributed by atoms with Gasteiger partial charge in [-0.15, -0.1) is 0 Å². The molecule has 0 amide bonds. The van der Waals surface area contributed by atoms with Gasteiger partial charge in [-0.2, -0.15) is 4.31 Å². The molecule has 0 spiro atoms. The molecule has 0 bridgehead atoms. The van der Waals surface area contributed by atoms with E-state index in [2.05, 4.69) is 0 Å². The molecule has 18 heavy (non-hydrogen) atoms. The molecule has 0 atom stereocenters. The first-order valence-corrected chi connectivity index (χ1v) is 6.73. The minimum atomic E-state index is -4.02. The molecule has 98 valence electrons. The summed E-state index contributed by atoms with van der Waals surface area (Å²) in [7, 11) is -4.02. The van der Waals surface area contributed by atoms with Crippen molar-refractivity contribution in [3.63, 3.8) is 0 Å². The van der Waals surface area contributed by atoms with Crippen molar-refractivity contribution in [1.29, 1.82) is 0 Å². The van der Waals surface area contributed by atoms with Gasteiger partial charge in [0, 0.05) is 9.95 Å². The Bertz CT molecular complexity index is 601. The normalized spacial score (nSPS) is 17.4. The lowest BCUT2D eigenvalue weighted by atomic mass is 10.2. The van der Waals surface area contributed by atoms with Crippen LogP contribution in [0.3, 0.4) is 0 Å². The van der Waals surface area contributed by atoms with Crippen LogP contribution in [0.2, 0.25) is 5.02 Å². The molecule has 6 nitrogen and oxygen atoms in total. The van der Waals surface area contributed by atoms with Crippen molar-refractivity contribution >= 4 is 21.6 Å². The predicted octanol–water partition coefficient (Wildman–Crippen LogP) is 1.13. The first-order valence-electron chi connectivity index (χ1n) is 4.91. The topological polar surface area (TPSA) is 80.5 Å². The van der Waals surface area contributed by atoms with Crippen LogP contribution in [0.4, 0.5) is 4.39 Å². The molecule has 1 aromatic carbocycles. The van der Waals surface area contributed by atoms with Crippen molar-refractivity contribution in [3.8, 4) is 0 Å². The van der Waals surface area contributed by atoms with E-state index in [0.29, 0.717) is 0 Å². The summed E-state index contributed by atoms with van der Waals surface area (Å²) in [6.07, 6.45) is 0. The number of halogens is 2. The summed E-state index contributed by atoms with van der Waals surface area (Å²) < 4.78 is 38.2. The van der Waals surface area contributed by atoms with Crippen LogP contribution >= 0.6 is 11.6 Å². The molecule has 0 unspecified atom stereocenters. The van der Waals surface area contributed by atoms with E-state index in [0.717, 1.165) is 16.4 Å². The average Bonchev–Trinajstić information content (AvgIpc) is 2.12. The fourth-order valence-corrected chi connectivity index (χ4v) is 3.29. The van der Waals surface area contributed by atoms with E-state index < -0.39 is 31.7 Å². The highest BCUT2D eigenvalue weighted by molar-refractivity contribution is 7.89. The Morgan fingerprint density at radius 3 is 2.56 bits per heavy atom. The number of hydrogen-bond acceptors (Lipinski definition) is 4. The van der Waals surface area contributed by atoms with Crippen LogP contribution < -0.4 is 0 Å². The van der Waals surface area contributed by atoms with Crippen molar-refractivity contribution < 1.29 is 17.7 Å². The Morgan fingerprint density at radius 1 is 1.44 bits per heavy atom. The molecule has 0 aliphatic carbocycles.